The number of hydrogen-bond donors (Lipinski definition) is 2. The molecule has 210 valence electrons. The molecule has 4 atom stereocenters. The van der Waals surface area contributed by atoms with Gasteiger partial charge in [0.1, 0.15) is 5.75 Å². The number of imide groups is 1. The van der Waals surface area contributed by atoms with Crippen LogP contribution in [0, 0.1) is 17.8 Å². The van der Waals surface area contributed by atoms with Gasteiger partial charge in [0.2, 0.25) is 11.8 Å². The molecular formula is C31H25BrClNO7. The van der Waals surface area contributed by atoms with E-state index in [-0.39, 0.29) is 63.1 Å². The molecule has 1 aliphatic heterocycles. The molecule has 2 N–H and O–H groups in total. The number of nitrogens with zero attached hydrogens (tertiary/aromatic N) is 1. The van der Waals surface area contributed by atoms with Crippen molar-refractivity contribution in [1.29, 1.82) is 0 Å². The number of ketones is 2. The Balaban J connectivity index is 1.40. The van der Waals surface area contributed by atoms with E-state index in [9.17, 15) is 29.4 Å². The standard InChI is InChI=1S/C31H25BrClNO7/c1-41-24-11-15(10-22(33)29(24)38)25-17-6-7-18-26(19(17)12-20-27(25)23(36)13-21(32)28(20)37)31(40)34(30(18)39)9-8-14-2-4-16(35)5-3-14/h2-6,10-11,13,18-19,25-26,35,38H,7-9,12H2,1H3/t18-,19+,25-,26-/m0/s1. The lowest BCUT2D eigenvalue weighted by molar-refractivity contribution is -0.140. The summed E-state index contributed by atoms with van der Waals surface area (Å²) in [5.41, 5.74) is 2.82. The molecule has 0 unspecified atom stereocenters. The number of allylic oxidation sites excluding steroid dienone is 6. The minimum absolute atomic E-state index is 0.0248. The average molecular weight is 639 g/mol. The van der Waals surface area contributed by atoms with Gasteiger partial charge in [-0.1, -0.05) is 35.4 Å². The lowest BCUT2D eigenvalue weighted by Gasteiger charge is -2.42. The first kappa shape index (κ1) is 27.5. The molecule has 2 aromatic rings. The summed E-state index contributed by atoms with van der Waals surface area (Å²) < 4.78 is 5.46. The number of Topliss-reactive ketones (excluding diaryl/α,β-unsaturated/α-hetero) is 1. The summed E-state index contributed by atoms with van der Waals surface area (Å²) >= 11 is 9.57. The largest absolute Gasteiger partial charge is 0.508 e. The second-order valence-electron chi connectivity index (χ2n) is 10.7. The van der Waals surface area contributed by atoms with Crippen LogP contribution < -0.4 is 4.74 Å². The first-order chi connectivity index (χ1) is 19.6. The van der Waals surface area contributed by atoms with Crippen molar-refractivity contribution < 1.29 is 34.1 Å². The number of ether oxygens (including phenoxy) is 1. The highest BCUT2D eigenvalue weighted by Gasteiger charge is 2.56. The summed E-state index contributed by atoms with van der Waals surface area (Å²) in [4.78, 5) is 55.4. The van der Waals surface area contributed by atoms with E-state index in [4.69, 9.17) is 16.3 Å². The van der Waals surface area contributed by atoms with Crippen LogP contribution in [0.15, 0.2) is 69.8 Å². The van der Waals surface area contributed by atoms with Gasteiger partial charge in [0, 0.05) is 29.7 Å². The highest BCUT2D eigenvalue weighted by Crippen LogP contribution is 2.56. The number of phenols is 2. The summed E-state index contributed by atoms with van der Waals surface area (Å²) in [7, 11) is 1.39. The van der Waals surface area contributed by atoms with Crippen LogP contribution in [0.25, 0.3) is 0 Å². The summed E-state index contributed by atoms with van der Waals surface area (Å²) in [5.74, 6) is -3.62. The fraction of sp³-hybridized carbons (Fsp3) is 0.290. The zero-order valence-electron chi connectivity index (χ0n) is 21.9. The van der Waals surface area contributed by atoms with Crippen molar-refractivity contribution >= 4 is 50.9 Å². The Hall–Kier alpha value is -3.69. The molecule has 0 saturated carbocycles. The molecular weight excluding hydrogens is 614 g/mol. The van der Waals surface area contributed by atoms with Crippen LogP contribution in [-0.2, 0) is 25.6 Å². The minimum atomic E-state index is -0.709. The van der Waals surface area contributed by atoms with E-state index < -0.39 is 23.7 Å². The molecule has 0 bridgehead atoms. The molecule has 4 aliphatic rings. The molecule has 3 aliphatic carbocycles. The number of methoxy groups -OCH3 is 1. The van der Waals surface area contributed by atoms with Gasteiger partial charge in [0.15, 0.2) is 23.1 Å². The predicted molar refractivity (Wildman–Crippen MR) is 153 cm³/mol. The molecule has 0 spiro atoms. The number of halogens is 2. The summed E-state index contributed by atoms with van der Waals surface area (Å²) in [5, 5.41) is 19.9. The third-order valence-electron chi connectivity index (χ3n) is 8.59. The van der Waals surface area contributed by atoms with E-state index >= 15 is 0 Å². The first-order valence-corrected chi connectivity index (χ1v) is 14.4. The van der Waals surface area contributed by atoms with Gasteiger partial charge in [-0.05, 0) is 76.5 Å². The molecule has 0 radical (unpaired) electrons. The van der Waals surface area contributed by atoms with E-state index in [1.54, 1.807) is 36.4 Å². The van der Waals surface area contributed by atoms with E-state index in [0.717, 1.165) is 11.1 Å². The molecule has 6 rings (SSSR count). The lowest BCUT2D eigenvalue weighted by Crippen LogP contribution is -2.39. The Labute approximate surface area is 249 Å². The summed E-state index contributed by atoms with van der Waals surface area (Å²) in [6.07, 6.45) is 4.10. The lowest BCUT2D eigenvalue weighted by atomic mass is 9.59. The van der Waals surface area contributed by atoms with Crippen molar-refractivity contribution in [3.63, 3.8) is 0 Å². The highest BCUT2D eigenvalue weighted by atomic mass is 79.9. The van der Waals surface area contributed by atoms with E-state index in [0.29, 0.717) is 29.6 Å². The SMILES string of the molecule is COc1cc([C@H]2C3=CC[C@@H]4C(=O)N(CCc5ccc(O)cc5)C(=O)[C@@H]4[C@@H]3CC3=C2C(=O)C=C(Br)C3=O)cc(Cl)c1O. The number of amides is 2. The van der Waals surface area contributed by atoms with Crippen LogP contribution >= 0.6 is 27.5 Å². The molecule has 2 amide bonds. The normalized spacial score (nSPS) is 25.5. The third-order valence-corrected chi connectivity index (χ3v) is 9.46. The fourth-order valence-corrected chi connectivity index (χ4v) is 7.36. The number of rotatable bonds is 5. The minimum Gasteiger partial charge on any atom is -0.508 e. The smallest absolute Gasteiger partial charge is 0.233 e. The number of carbonyl (C=O) groups excluding carboxylic acids is 4. The zero-order valence-corrected chi connectivity index (χ0v) is 24.2. The second-order valence-corrected chi connectivity index (χ2v) is 12.0. The van der Waals surface area contributed by atoms with Gasteiger partial charge in [-0.25, -0.2) is 0 Å². The maximum Gasteiger partial charge on any atom is 0.233 e. The average Bonchev–Trinajstić information content (AvgIpc) is 3.20. The molecule has 8 nitrogen and oxygen atoms in total. The van der Waals surface area contributed by atoms with Gasteiger partial charge in [0.05, 0.1) is 28.5 Å². The molecule has 10 heteroatoms. The second kappa shape index (κ2) is 10.3. The number of carbonyl (C=O) groups is 4. The Bertz CT molecular complexity index is 1620. The van der Waals surface area contributed by atoms with Gasteiger partial charge in [-0.3, -0.25) is 24.1 Å². The maximum absolute atomic E-state index is 13.9. The Morgan fingerprint density at radius 2 is 1.78 bits per heavy atom. The highest BCUT2D eigenvalue weighted by molar-refractivity contribution is 9.12. The van der Waals surface area contributed by atoms with Crippen LogP contribution in [0.2, 0.25) is 5.02 Å². The summed E-state index contributed by atoms with van der Waals surface area (Å²) in [6, 6.07) is 9.75. The number of phenolic OH excluding ortho intramolecular Hbond substituents is 2. The van der Waals surface area contributed by atoms with Gasteiger partial charge in [-0.15, -0.1) is 0 Å². The zero-order chi connectivity index (χ0) is 29.2. The van der Waals surface area contributed by atoms with E-state index in [1.807, 2.05) is 6.08 Å². The van der Waals surface area contributed by atoms with Crippen molar-refractivity contribution in [2.45, 2.75) is 25.2 Å². The number of aromatic hydroxyl groups is 2. The van der Waals surface area contributed by atoms with Crippen LogP contribution in [0.4, 0.5) is 0 Å². The quantitative estimate of drug-likeness (QED) is 0.275. The number of fused-ring (bicyclic) bond motifs is 3. The topological polar surface area (TPSA) is 121 Å². The van der Waals surface area contributed by atoms with Crippen molar-refractivity contribution in [2.75, 3.05) is 13.7 Å². The molecule has 1 saturated heterocycles. The Morgan fingerprint density at radius 3 is 2.49 bits per heavy atom. The predicted octanol–water partition coefficient (Wildman–Crippen LogP) is 4.76. The van der Waals surface area contributed by atoms with E-state index in [1.165, 1.54) is 18.1 Å². The van der Waals surface area contributed by atoms with E-state index in [2.05, 4.69) is 15.9 Å². The van der Waals surface area contributed by atoms with Crippen molar-refractivity contribution in [2.24, 2.45) is 17.8 Å². The van der Waals surface area contributed by atoms with Crippen LogP contribution in [-0.4, -0.2) is 52.1 Å². The van der Waals surface area contributed by atoms with Crippen LogP contribution in [0.1, 0.15) is 29.9 Å². The number of likely N-dealkylation sites (tertiary alicyclic amines) is 1. The molecule has 2 aromatic carbocycles. The van der Waals surface area contributed by atoms with Crippen LogP contribution in [0.5, 0.6) is 17.2 Å². The van der Waals surface area contributed by atoms with Gasteiger partial charge in [0.25, 0.3) is 0 Å². The first-order valence-electron chi connectivity index (χ1n) is 13.2. The Morgan fingerprint density at radius 1 is 1.05 bits per heavy atom. The molecule has 1 heterocycles. The fourth-order valence-electron chi connectivity index (χ4n) is 6.69. The molecule has 41 heavy (non-hydrogen) atoms. The van der Waals surface area contributed by atoms with Crippen molar-refractivity contribution in [1.82, 2.24) is 4.90 Å². The summed E-state index contributed by atoms with van der Waals surface area (Å²) in [6.45, 7) is 0.200. The molecule has 1 fully saturated rings. The van der Waals surface area contributed by atoms with Crippen molar-refractivity contribution in [3.8, 4) is 17.2 Å². The van der Waals surface area contributed by atoms with Crippen molar-refractivity contribution in [3.05, 3.63) is 85.9 Å². The maximum atomic E-state index is 13.9. The third kappa shape index (κ3) is 4.42. The molecule has 0 aromatic heterocycles. The van der Waals surface area contributed by atoms with Crippen LogP contribution in [0.3, 0.4) is 0 Å². The van der Waals surface area contributed by atoms with Gasteiger partial charge < -0.3 is 14.9 Å². The monoisotopic (exact) mass is 637 g/mol. The number of benzene rings is 2. The van der Waals surface area contributed by atoms with Gasteiger partial charge in [-0.2, -0.15) is 0 Å². The number of hydrogen-bond acceptors (Lipinski definition) is 7. The van der Waals surface area contributed by atoms with Gasteiger partial charge >= 0.3 is 0 Å². The Kier molecular flexibility index (Phi) is 6.90.